The van der Waals surface area contributed by atoms with Crippen LogP contribution in [-0.2, 0) is 21.4 Å². The Morgan fingerprint density at radius 2 is 2.00 bits per heavy atom. The molecule has 0 aliphatic carbocycles. The Balaban J connectivity index is 2.09. The zero-order valence-corrected chi connectivity index (χ0v) is 14.5. The van der Waals surface area contributed by atoms with E-state index in [1.807, 2.05) is 0 Å². The molecule has 8 nitrogen and oxygen atoms in total. The number of esters is 1. The Morgan fingerprint density at radius 1 is 1.29 bits per heavy atom. The molecule has 0 atom stereocenters. The number of thiophene rings is 1. The predicted molar refractivity (Wildman–Crippen MR) is 87.4 cm³/mol. The summed E-state index contributed by atoms with van der Waals surface area (Å²) in [6, 6.07) is 8.58. The Labute approximate surface area is 142 Å². The highest BCUT2D eigenvalue weighted by Gasteiger charge is 2.19. The third-order valence-electron chi connectivity index (χ3n) is 3.02. The molecule has 0 fully saturated rings. The minimum atomic E-state index is -3.58. The van der Waals surface area contributed by atoms with Crippen molar-refractivity contribution in [2.45, 2.75) is 11.5 Å². The molecule has 1 aromatic carbocycles. The van der Waals surface area contributed by atoms with Gasteiger partial charge in [0.1, 0.15) is 11.5 Å². The highest BCUT2D eigenvalue weighted by Crippen LogP contribution is 2.25. The van der Waals surface area contributed by atoms with E-state index in [0.29, 0.717) is 5.56 Å². The van der Waals surface area contributed by atoms with Crippen molar-refractivity contribution in [2.75, 3.05) is 14.1 Å². The van der Waals surface area contributed by atoms with Gasteiger partial charge >= 0.3 is 11.0 Å². The van der Waals surface area contributed by atoms with Crippen molar-refractivity contribution < 1.29 is 22.9 Å². The van der Waals surface area contributed by atoms with Crippen LogP contribution in [0, 0.1) is 10.1 Å². The SMILES string of the molecule is CN(C)S(=O)(=O)c1cccc(COC(=O)c2ccc([N+](=O)[O-])s2)c1. The maximum atomic E-state index is 12.1. The minimum Gasteiger partial charge on any atom is -0.457 e. The van der Waals surface area contributed by atoms with Crippen LogP contribution in [0.3, 0.4) is 0 Å². The first-order valence-electron chi connectivity index (χ1n) is 6.64. The molecule has 0 unspecified atom stereocenters. The van der Waals surface area contributed by atoms with Crippen molar-refractivity contribution in [3.8, 4) is 0 Å². The average molecular weight is 370 g/mol. The average Bonchev–Trinajstić information content (AvgIpc) is 3.03. The molecule has 0 aliphatic rings. The number of sulfonamides is 1. The molecular formula is C14H14N2O6S2. The molecule has 2 aromatic rings. The largest absolute Gasteiger partial charge is 0.457 e. The summed E-state index contributed by atoms with van der Waals surface area (Å²) in [4.78, 5) is 22.1. The van der Waals surface area contributed by atoms with E-state index in [-0.39, 0.29) is 21.4 Å². The number of benzene rings is 1. The van der Waals surface area contributed by atoms with E-state index < -0.39 is 20.9 Å². The molecule has 10 heteroatoms. The molecule has 1 aromatic heterocycles. The third-order valence-corrected chi connectivity index (χ3v) is 5.85. The highest BCUT2D eigenvalue weighted by atomic mass is 32.2. The molecule has 24 heavy (non-hydrogen) atoms. The first-order valence-corrected chi connectivity index (χ1v) is 8.90. The predicted octanol–water partition coefficient (Wildman–Crippen LogP) is 2.26. The van der Waals surface area contributed by atoms with Crippen LogP contribution in [0.5, 0.6) is 0 Å². The number of nitro groups is 1. The molecule has 0 saturated heterocycles. The number of hydrogen-bond acceptors (Lipinski definition) is 7. The van der Waals surface area contributed by atoms with Gasteiger partial charge in [0.05, 0.1) is 9.82 Å². The fourth-order valence-corrected chi connectivity index (χ4v) is 3.45. The summed E-state index contributed by atoms with van der Waals surface area (Å²) in [6.45, 7) is -0.138. The zero-order chi connectivity index (χ0) is 17.9. The molecule has 128 valence electrons. The quantitative estimate of drug-likeness (QED) is 0.438. The van der Waals surface area contributed by atoms with Crippen molar-refractivity contribution in [1.29, 1.82) is 0 Å². The standard InChI is InChI=1S/C14H14N2O6S2/c1-15(2)24(20,21)11-5-3-4-10(8-11)9-22-14(17)12-6-7-13(23-12)16(18)19/h3-8H,9H2,1-2H3. The van der Waals surface area contributed by atoms with Crippen LogP contribution in [0.4, 0.5) is 5.00 Å². The first kappa shape index (κ1) is 18.0. The van der Waals surface area contributed by atoms with Crippen LogP contribution >= 0.6 is 11.3 Å². The summed E-state index contributed by atoms with van der Waals surface area (Å²) < 4.78 is 30.3. The molecule has 0 spiro atoms. The van der Waals surface area contributed by atoms with Crippen molar-refractivity contribution in [3.05, 3.63) is 57.0 Å². The van der Waals surface area contributed by atoms with Gasteiger partial charge in [0.25, 0.3) is 0 Å². The molecule has 2 rings (SSSR count). The summed E-state index contributed by atoms with van der Waals surface area (Å²) in [5.41, 5.74) is 0.498. The van der Waals surface area contributed by atoms with Gasteiger partial charge in [0.2, 0.25) is 10.0 Å². The zero-order valence-electron chi connectivity index (χ0n) is 12.8. The van der Waals surface area contributed by atoms with Crippen LogP contribution in [0.1, 0.15) is 15.2 Å². The van der Waals surface area contributed by atoms with Gasteiger partial charge in [0.15, 0.2) is 0 Å². The topological polar surface area (TPSA) is 107 Å². The summed E-state index contributed by atoms with van der Waals surface area (Å²) in [5, 5.41) is 10.5. The Hall–Kier alpha value is -2.30. The fraction of sp³-hybridized carbons (Fsp3) is 0.214. The number of carbonyl (C=O) groups is 1. The second-order valence-corrected chi connectivity index (χ2v) is 8.12. The van der Waals surface area contributed by atoms with E-state index >= 15 is 0 Å². The molecule has 0 radical (unpaired) electrons. The molecule has 0 bridgehead atoms. The molecule has 0 aliphatic heterocycles. The molecule has 1 heterocycles. The number of nitrogens with zero attached hydrogens (tertiary/aromatic N) is 2. The van der Waals surface area contributed by atoms with Crippen LogP contribution in [-0.4, -0.2) is 37.7 Å². The van der Waals surface area contributed by atoms with Gasteiger partial charge in [-0.3, -0.25) is 10.1 Å². The van der Waals surface area contributed by atoms with Crippen LogP contribution in [0.25, 0.3) is 0 Å². The molecule has 0 saturated carbocycles. The third kappa shape index (κ3) is 3.96. The van der Waals surface area contributed by atoms with Crippen molar-refractivity contribution in [1.82, 2.24) is 4.31 Å². The van der Waals surface area contributed by atoms with E-state index in [4.69, 9.17) is 4.74 Å². The molecule has 0 N–H and O–H groups in total. The second-order valence-electron chi connectivity index (χ2n) is 4.91. The van der Waals surface area contributed by atoms with Gasteiger partial charge in [-0.2, -0.15) is 0 Å². The maximum absolute atomic E-state index is 12.1. The Morgan fingerprint density at radius 3 is 2.58 bits per heavy atom. The molecular weight excluding hydrogens is 356 g/mol. The smallest absolute Gasteiger partial charge is 0.348 e. The second kappa shape index (κ2) is 7.07. The van der Waals surface area contributed by atoms with E-state index in [0.717, 1.165) is 15.6 Å². The van der Waals surface area contributed by atoms with E-state index in [2.05, 4.69) is 0 Å². The number of ether oxygens (including phenoxy) is 1. The van der Waals surface area contributed by atoms with Crippen LogP contribution in [0.2, 0.25) is 0 Å². The monoisotopic (exact) mass is 370 g/mol. The van der Waals surface area contributed by atoms with Crippen molar-refractivity contribution in [3.63, 3.8) is 0 Å². The first-order chi connectivity index (χ1) is 11.2. The summed E-state index contributed by atoms with van der Waals surface area (Å²) >= 11 is 0.719. The summed E-state index contributed by atoms with van der Waals surface area (Å²) in [5.74, 6) is -0.700. The van der Waals surface area contributed by atoms with Crippen molar-refractivity contribution in [2.24, 2.45) is 0 Å². The Kier molecular flexibility index (Phi) is 5.32. The van der Waals surface area contributed by atoms with E-state index in [1.54, 1.807) is 12.1 Å². The maximum Gasteiger partial charge on any atom is 0.348 e. The van der Waals surface area contributed by atoms with Gasteiger partial charge in [0, 0.05) is 20.2 Å². The van der Waals surface area contributed by atoms with Crippen LogP contribution in [0.15, 0.2) is 41.3 Å². The van der Waals surface area contributed by atoms with Gasteiger partial charge in [-0.05, 0) is 23.8 Å². The van der Waals surface area contributed by atoms with Gasteiger partial charge in [-0.15, -0.1) is 0 Å². The van der Waals surface area contributed by atoms with Crippen LogP contribution < -0.4 is 0 Å². The van der Waals surface area contributed by atoms with Gasteiger partial charge in [-0.1, -0.05) is 23.5 Å². The lowest BCUT2D eigenvalue weighted by Crippen LogP contribution is -2.22. The van der Waals surface area contributed by atoms with E-state index in [9.17, 15) is 23.3 Å². The number of hydrogen-bond donors (Lipinski definition) is 0. The number of rotatable bonds is 6. The summed E-state index contributed by atoms with van der Waals surface area (Å²) in [7, 11) is -0.732. The highest BCUT2D eigenvalue weighted by molar-refractivity contribution is 7.89. The minimum absolute atomic E-state index is 0.0906. The Bertz CT molecular complexity index is 873. The van der Waals surface area contributed by atoms with Gasteiger partial charge < -0.3 is 4.74 Å². The fourth-order valence-electron chi connectivity index (χ4n) is 1.76. The molecule has 0 amide bonds. The van der Waals surface area contributed by atoms with Crippen molar-refractivity contribution >= 4 is 32.3 Å². The lowest BCUT2D eigenvalue weighted by Gasteiger charge is -2.12. The van der Waals surface area contributed by atoms with E-state index in [1.165, 1.54) is 38.4 Å². The number of carbonyl (C=O) groups excluding carboxylic acids is 1. The summed E-state index contributed by atoms with van der Waals surface area (Å²) in [6.07, 6.45) is 0. The lowest BCUT2D eigenvalue weighted by atomic mass is 10.2. The lowest BCUT2D eigenvalue weighted by molar-refractivity contribution is -0.380. The normalized spacial score (nSPS) is 11.5. The van der Waals surface area contributed by atoms with Gasteiger partial charge in [-0.25, -0.2) is 17.5 Å².